The first-order valence-electron chi connectivity index (χ1n) is 14.9. The predicted molar refractivity (Wildman–Crippen MR) is 171 cm³/mol. The van der Waals surface area contributed by atoms with Crippen molar-refractivity contribution in [1.82, 2.24) is 19.9 Å². The van der Waals surface area contributed by atoms with Crippen molar-refractivity contribution in [3.63, 3.8) is 0 Å². The number of halogens is 5. The van der Waals surface area contributed by atoms with E-state index in [1.807, 2.05) is 0 Å². The average molecular weight is 693 g/mol. The van der Waals surface area contributed by atoms with E-state index in [0.717, 1.165) is 0 Å². The Kier molecular flexibility index (Phi) is 9.76. The molecule has 1 saturated heterocycles. The number of benzene rings is 2. The quantitative estimate of drug-likeness (QED) is 0.188. The van der Waals surface area contributed by atoms with Crippen LogP contribution < -0.4 is 15.4 Å². The molecule has 2 N–H and O–H groups in total. The van der Waals surface area contributed by atoms with Crippen LogP contribution in [0.1, 0.15) is 44.2 Å². The van der Waals surface area contributed by atoms with Gasteiger partial charge in [-0.1, -0.05) is 24.3 Å². The topological polar surface area (TPSA) is 119 Å². The lowest BCUT2D eigenvalue weighted by atomic mass is 10.0. The number of likely N-dealkylation sites (tertiary alicyclic amines) is 1. The number of hydrogen-bond donors (Lipinski definition) is 2. The number of anilines is 2. The van der Waals surface area contributed by atoms with E-state index >= 15 is 4.39 Å². The Bertz CT molecular complexity index is 1840. The van der Waals surface area contributed by atoms with Gasteiger partial charge in [-0.2, -0.15) is 13.2 Å². The second-order valence-corrected chi connectivity index (χ2v) is 13.5. The van der Waals surface area contributed by atoms with Crippen LogP contribution in [0.3, 0.4) is 0 Å². The Hall–Kier alpha value is -4.60. The number of carbonyl (C=O) groups is 2. The number of amides is 2. The van der Waals surface area contributed by atoms with Crippen molar-refractivity contribution in [3.05, 3.63) is 52.9 Å². The second-order valence-electron chi connectivity index (χ2n) is 12.3. The normalized spacial score (nSPS) is 16.9. The van der Waals surface area contributed by atoms with E-state index in [9.17, 15) is 27.2 Å². The number of nitrogens with one attached hydrogen (secondary N) is 2. The number of alkyl halides is 4. The molecule has 3 heterocycles. The number of aryl methyl sites for hydroxylation is 1. The highest BCUT2D eigenvalue weighted by atomic mass is 32.1. The standard InChI is InChI=1S/C32H33F5N6O4S/c1-16-24(34)25(42-23(44)13-32(35,36)37)20-8-6-7-9-21(20)26(16)46-28-27(48-17(2)39-28)22-10-11-38-29(41-22)40-19-12-18(33)14-43(15-19)30(45)47-31(3,4)5/h6-11,18-19H,12-15H2,1-5H3,(H,42,44)(H,38,40,41)/t18-,19-/m0/s1. The lowest BCUT2D eigenvalue weighted by Gasteiger charge is -2.36. The number of aromatic nitrogens is 3. The van der Waals surface area contributed by atoms with Gasteiger partial charge in [0.1, 0.15) is 28.8 Å². The van der Waals surface area contributed by atoms with Crippen LogP contribution in [0.5, 0.6) is 11.6 Å². The van der Waals surface area contributed by atoms with E-state index in [2.05, 4.69) is 25.6 Å². The number of carbonyl (C=O) groups excluding carboxylic acids is 2. The highest BCUT2D eigenvalue weighted by Crippen LogP contribution is 2.43. The summed E-state index contributed by atoms with van der Waals surface area (Å²) in [5.74, 6) is -2.06. The smallest absolute Gasteiger partial charge is 0.410 e. The Labute approximate surface area is 276 Å². The summed E-state index contributed by atoms with van der Waals surface area (Å²) in [6.45, 7) is 8.38. The summed E-state index contributed by atoms with van der Waals surface area (Å²) in [7, 11) is 0. The minimum absolute atomic E-state index is 0.0503. The predicted octanol–water partition coefficient (Wildman–Crippen LogP) is 7.95. The lowest BCUT2D eigenvalue weighted by Crippen LogP contribution is -2.51. The van der Waals surface area contributed by atoms with Crippen LogP contribution in [0.2, 0.25) is 0 Å². The van der Waals surface area contributed by atoms with Gasteiger partial charge in [0.25, 0.3) is 0 Å². The van der Waals surface area contributed by atoms with E-state index in [4.69, 9.17) is 9.47 Å². The molecule has 0 spiro atoms. The van der Waals surface area contributed by atoms with Crippen molar-refractivity contribution >= 4 is 45.7 Å². The first-order valence-corrected chi connectivity index (χ1v) is 15.7. The van der Waals surface area contributed by atoms with Gasteiger partial charge >= 0.3 is 12.3 Å². The maximum atomic E-state index is 15.7. The summed E-state index contributed by atoms with van der Waals surface area (Å²) in [4.78, 5) is 39.8. The van der Waals surface area contributed by atoms with Crippen LogP contribution in [0, 0.1) is 19.7 Å². The van der Waals surface area contributed by atoms with Crippen LogP contribution in [0.25, 0.3) is 21.3 Å². The van der Waals surface area contributed by atoms with E-state index in [1.54, 1.807) is 52.0 Å². The molecule has 0 aliphatic carbocycles. The third kappa shape index (κ3) is 8.27. The average Bonchev–Trinajstić information content (AvgIpc) is 3.35. The summed E-state index contributed by atoms with van der Waals surface area (Å²) in [6, 6.07) is 7.34. The molecule has 2 aromatic heterocycles. The van der Waals surface area contributed by atoms with E-state index in [-0.39, 0.29) is 48.0 Å². The van der Waals surface area contributed by atoms with Gasteiger partial charge in [0, 0.05) is 41.5 Å². The minimum atomic E-state index is -4.77. The van der Waals surface area contributed by atoms with Crippen molar-refractivity contribution in [2.45, 2.75) is 71.5 Å². The van der Waals surface area contributed by atoms with Crippen molar-refractivity contribution in [2.24, 2.45) is 0 Å². The molecule has 0 unspecified atom stereocenters. The summed E-state index contributed by atoms with van der Waals surface area (Å²) < 4.78 is 80.4. The lowest BCUT2D eigenvalue weighted by molar-refractivity contribution is -0.150. The SMILES string of the molecule is Cc1nc(Oc2c(C)c(F)c(NC(=O)CC(F)(F)F)c3ccccc23)c(-c2ccnc(N[C@H]3C[C@H](F)CN(C(=O)OC(C)(C)C)C3)n2)s1. The van der Waals surface area contributed by atoms with Crippen molar-refractivity contribution in [3.8, 4) is 22.2 Å². The Balaban J connectivity index is 1.42. The first-order chi connectivity index (χ1) is 22.5. The molecule has 1 fully saturated rings. The van der Waals surface area contributed by atoms with Gasteiger partial charge in [0.2, 0.25) is 17.7 Å². The summed E-state index contributed by atoms with van der Waals surface area (Å²) in [5, 5.41) is 6.21. The van der Waals surface area contributed by atoms with Crippen molar-refractivity contribution < 1.29 is 41.0 Å². The molecule has 0 saturated carbocycles. The van der Waals surface area contributed by atoms with E-state index in [0.29, 0.717) is 21.0 Å². The van der Waals surface area contributed by atoms with Crippen LogP contribution >= 0.6 is 11.3 Å². The molecule has 48 heavy (non-hydrogen) atoms. The zero-order chi connectivity index (χ0) is 35.0. The number of piperidine rings is 1. The zero-order valence-electron chi connectivity index (χ0n) is 26.7. The molecule has 2 aromatic carbocycles. The zero-order valence-corrected chi connectivity index (χ0v) is 27.5. The Morgan fingerprint density at radius 2 is 1.77 bits per heavy atom. The molecular weight excluding hydrogens is 659 g/mol. The van der Waals surface area contributed by atoms with Crippen LogP contribution in [-0.4, -0.2) is 68.9 Å². The molecule has 16 heteroatoms. The Morgan fingerprint density at radius 1 is 1.06 bits per heavy atom. The highest BCUT2D eigenvalue weighted by molar-refractivity contribution is 7.15. The molecule has 10 nitrogen and oxygen atoms in total. The molecule has 2 atom stereocenters. The molecule has 4 aromatic rings. The largest absolute Gasteiger partial charge is 0.444 e. The van der Waals surface area contributed by atoms with Crippen LogP contribution in [0.4, 0.5) is 38.4 Å². The molecule has 2 amide bonds. The van der Waals surface area contributed by atoms with Gasteiger partial charge in [0.15, 0.2) is 5.82 Å². The monoisotopic (exact) mass is 692 g/mol. The fraction of sp³-hybridized carbons (Fsp3) is 0.406. The van der Waals surface area contributed by atoms with Gasteiger partial charge in [-0.15, -0.1) is 11.3 Å². The number of ether oxygens (including phenoxy) is 2. The van der Waals surface area contributed by atoms with Crippen LogP contribution in [-0.2, 0) is 9.53 Å². The summed E-state index contributed by atoms with van der Waals surface area (Å²) >= 11 is 1.24. The number of rotatable bonds is 7. The summed E-state index contributed by atoms with van der Waals surface area (Å²) in [6.07, 6.45) is -6.85. The number of fused-ring (bicyclic) bond motifs is 1. The second kappa shape index (κ2) is 13.5. The van der Waals surface area contributed by atoms with Gasteiger partial charge in [-0.3, -0.25) is 4.79 Å². The van der Waals surface area contributed by atoms with Gasteiger partial charge < -0.3 is 25.0 Å². The van der Waals surface area contributed by atoms with Gasteiger partial charge in [0.05, 0.1) is 22.9 Å². The van der Waals surface area contributed by atoms with E-state index in [1.165, 1.54) is 35.4 Å². The number of hydrogen-bond acceptors (Lipinski definition) is 9. The van der Waals surface area contributed by atoms with E-state index < -0.39 is 53.9 Å². The first kappa shape index (κ1) is 34.7. The van der Waals surface area contributed by atoms with Gasteiger partial charge in [-0.05, 0) is 40.7 Å². The molecule has 0 bridgehead atoms. The Morgan fingerprint density at radius 3 is 2.46 bits per heavy atom. The molecule has 1 aliphatic rings. The highest BCUT2D eigenvalue weighted by Gasteiger charge is 2.34. The van der Waals surface area contributed by atoms with Crippen LogP contribution in [0.15, 0.2) is 36.5 Å². The fourth-order valence-electron chi connectivity index (χ4n) is 5.22. The third-order valence-electron chi connectivity index (χ3n) is 7.13. The molecule has 0 radical (unpaired) electrons. The van der Waals surface area contributed by atoms with Crippen molar-refractivity contribution in [1.29, 1.82) is 0 Å². The van der Waals surface area contributed by atoms with Gasteiger partial charge in [-0.25, -0.2) is 28.5 Å². The van der Waals surface area contributed by atoms with Crippen molar-refractivity contribution in [2.75, 3.05) is 23.7 Å². The molecule has 256 valence electrons. The maximum Gasteiger partial charge on any atom is 0.410 e. The number of thiazole rings is 1. The summed E-state index contributed by atoms with van der Waals surface area (Å²) in [5.41, 5.74) is -0.804. The molecular formula is C32H33F5N6O4S. The molecule has 5 rings (SSSR count). The minimum Gasteiger partial charge on any atom is -0.444 e. The number of nitrogens with zero attached hydrogens (tertiary/aromatic N) is 4. The molecule has 1 aliphatic heterocycles. The fourth-order valence-corrected chi connectivity index (χ4v) is 6.03. The third-order valence-corrected chi connectivity index (χ3v) is 8.10. The maximum absolute atomic E-state index is 15.7.